The first-order valence-corrected chi connectivity index (χ1v) is 7.40. The molecule has 0 saturated carbocycles. The number of hydrogen-bond acceptors (Lipinski definition) is 4. The van der Waals surface area contributed by atoms with Crippen molar-refractivity contribution < 1.29 is 9.90 Å². The molecule has 4 N–H and O–H groups in total. The second-order valence-electron chi connectivity index (χ2n) is 5.89. The van der Waals surface area contributed by atoms with Crippen LogP contribution in [0.2, 0.25) is 0 Å². The van der Waals surface area contributed by atoms with Gasteiger partial charge in [0.15, 0.2) is 0 Å². The first kappa shape index (κ1) is 17.5. The van der Waals surface area contributed by atoms with E-state index in [4.69, 9.17) is 10.8 Å². The number of rotatable bonds is 8. The van der Waals surface area contributed by atoms with Crippen molar-refractivity contribution in [2.75, 3.05) is 29.9 Å². The summed E-state index contributed by atoms with van der Waals surface area (Å²) in [5.74, 6) is -0.0241. The second-order valence-corrected chi connectivity index (χ2v) is 5.89. The minimum atomic E-state index is -0.326. The zero-order chi connectivity index (χ0) is 15.9. The fourth-order valence-electron chi connectivity index (χ4n) is 2.01. The highest BCUT2D eigenvalue weighted by molar-refractivity contribution is 5.90. The van der Waals surface area contributed by atoms with Crippen LogP contribution in [0, 0.1) is 0 Å². The van der Waals surface area contributed by atoms with Crippen molar-refractivity contribution in [1.29, 1.82) is 0 Å². The van der Waals surface area contributed by atoms with E-state index >= 15 is 0 Å². The third kappa shape index (κ3) is 6.60. The highest BCUT2D eigenvalue weighted by Crippen LogP contribution is 2.18. The van der Waals surface area contributed by atoms with Gasteiger partial charge in [-0.3, -0.25) is 4.79 Å². The number of aliphatic hydroxyl groups excluding tert-OH is 1. The number of nitrogens with one attached hydrogen (secondary N) is 1. The third-order valence-corrected chi connectivity index (χ3v) is 3.26. The average molecular weight is 293 g/mol. The lowest BCUT2D eigenvalue weighted by Crippen LogP contribution is -2.33. The smallest absolute Gasteiger partial charge is 0.224 e. The predicted octanol–water partition coefficient (Wildman–Crippen LogP) is 1.96. The largest absolute Gasteiger partial charge is 0.395 e. The molecule has 1 aromatic carbocycles. The van der Waals surface area contributed by atoms with Crippen molar-refractivity contribution in [1.82, 2.24) is 0 Å². The summed E-state index contributed by atoms with van der Waals surface area (Å²) in [6, 6.07) is 7.64. The van der Waals surface area contributed by atoms with Crippen LogP contribution in [0.15, 0.2) is 24.3 Å². The summed E-state index contributed by atoms with van der Waals surface area (Å²) in [6.07, 6.45) is 1.06. The normalized spacial score (nSPS) is 11.3. The molecule has 0 aromatic heterocycles. The molecule has 0 fully saturated rings. The van der Waals surface area contributed by atoms with Crippen LogP contribution in [0.3, 0.4) is 0 Å². The summed E-state index contributed by atoms with van der Waals surface area (Å²) >= 11 is 0. The van der Waals surface area contributed by atoms with Gasteiger partial charge in [0.05, 0.1) is 6.61 Å². The Morgan fingerprint density at radius 1 is 1.33 bits per heavy atom. The van der Waals surface area contributed by atoms with Gasteiger partial charge in [-0.05, 0) is 51.5 Å². The maximum Gasteiger partial charge on any atom is 0.224 e. The molecule has 0 aliphatic carbocycles. The maximum atomic E-state index is 11.8. The number of hydrogen-bond donors (Lipinski definition) is 3. The van der Waals surface area contributed by atoms with Crippen LogP contribution in [-0.2, 0) is 4.79 Å². The Kier molecular flexibility index (Phi) is 6.65. The maximum absolute atomic E-state index is 11.8. The van der Waals surface area contributed by atoms with Gasteiger partial charge in [-0.25, -0.2) is 0 Å². The van der Waals surface area contributed by atoms with Gasteiger partial charge >= 0.3 is 0 Å². The molecule has 0 saturated heterocycles. The Hall–Kier alpha value is -1.59. The van der Waals surface area contributed by atoms with E-state index in [1.54, 1.807) is 0 Å². The molecule has 5 nitrogen and oxygen atoms in total. The van der Waals surface area contributed by atoms with Gasteiger partial charge in [-0.1, -0.05) is 0 Å². The molecular weight excluding hydrogens is 266 g/mol. The van der Waals surface area contributed by atoms with Crippen LogP contribution >= 0.6 is 0 Å². The first-order chi connectivity index (χ1) is 9.85. The zero-order valence-electron chi connectivity index (χ0n) is 13.2. The van der Waals surface area contributed by atoms with Gasteiger partial charge in [0.25, 0.3) is 0 Å². The summed E-state index contributed by atoms with van der Waals surface area (Å²) in [4.78, 5) is 13.9. The zero-order valence-corrected chi connectivity index (χ0v) is 13.2. The third-order valence-electron chi connectivity index (χ3n) is 3.26. The van der Waals surface area contributed by atoms with E-state index in [9.17, 15) is 4.79 Å². The standard InChI is InChI=1S/C16H27N3O2/c1-4-19(11-12-20)14-7-5-13(6-8-14)18-15(21)9-10-16(2,3)17/h5-8,20H,4,9-12,17H2,1-3H3,(H,18,21). The van der Waals surface area contributed by atoms with Crippen molar-refractivity contribution in [2.45, 2.75) is 39.2 Å². The van der Waals surface area contributed by atoms with Gasteiger partial charge in [-0.2, -0.15) is 0 Å². The Labute approximate surface area is 127 Å². The fraction of sp³-hybridized carbons (Fsp3) is 0.562. The number of nitrogens with zero attached hydrogens (tertiary/aromatic N) is 1. The molecule has 5 heteroatoms. The molecule has 0 atom stereocenters. The molecule has 0 unspecified atom stereocenters. The van der Waals surface area contributed by atoms with Crippen LogP contribution in [0.5, 0.6) is 0 Å². The van der Waals surface area contributed by atoms with E-state index in [0.29, 0.717) is 19.4 Å². The second kappa shape index (κ2) is 8.00. The highest BCUT2D eigenvalue weighted by Gasteiger charge is 2.13. The molecule has 1 amide bonds. The number of amides is 1. The number of benzene rings is 1. The molecule has 118 valence electrons. The lowest BCUT2D eigenvalue weighted by Gasteiger charge is -2.22. The molecule has 1 rings (SSSR count). The van der Waals surface area contributed by atoms with Crippen LogP contribution in [0.25, 0.3) is 0 Å². The van der Waals surface area contributed by atoms with Crippen molar-refractivity contribution >= 4 is 17.3 Å². The number of anilines is 2. The molecule has 1 aromatic rings. The van der Waals surface area contributed by atoms with E-state index < -0.39 is 0 Å². The van der Waals surface area contributed by atoms with Gasteiger partial charge < -0.3 is 21.1 Å². The summed E-state index contributed by atoms with van der Waals surface area (Å²) in [7, 11) is 0. The summed E-state index contributed by atoms with van der Waals surface area (Å²) in [5, 5.41) is 11.9. The van der Waals surface area contributed by atoms with Crippen molar-refractivity contribution in [2.24, 2.45) is 5.73 Å². The Bertz CT molecular complexity index is 438. The SMILES string of the molecule is CCN(CCO)c1ccc(NC(=O)CCC(C)(C)N)cc1. The fourth-order valence-corrected chi connectivity index (χ4v) is 2.01. The molecule has 0 aliphatic rings. The number of carbonyl (C=O) groups excluding carboxylic acids is 1. The molecule has 0 radical (unpaired) electrons. The Balaban J connectivity index is 2.56. The number of aliphatic hydroxyl groups is 1. The molecule has 0 spiro atoms. The van der Waals surface area contributed by atoms with Crippen molar-refractivity contribution in [3.63, 3.8) is 0 Å². The minimum Gasteiger partial charge on any atom is -0.395 e. The quantitative estimate of drug-likeness (QED) is 0.684. The van der Waals surface area contributed by atoms with E-state index in [1.165, 1.54) is 0 Å². The van der Waals surface area contributed by atoms with E-state index in [0.717, 1.165) is 17.9 Å². The summed E-state index contributed by atoms with van der Waals surface area (Å²) in [6.45, 7) is 7.43. The number of nitrogens with two attached hydrogens (primary N) is 1. The Morgan fingerprint density at radius 2 is 1.95 bits per heavy atom. The van der Waals surface area contributed by atoms with Gasteiger partial charge in [-0.15, -0.1) is 0 Å². The van der Waals surface area contributed by atoms with Crippen molar-refractivity contribution in [3.8, 4) is 0 Å². The highest BCUT2D eigenvalue weighted by atomic mass is 16.3. The van der Waals surface area contributed by atoms with E-state index in [-0.39, 0.29) is 18.1 Å². The first-order valence-electron chi connectivity index (χ1n) is 7.40. The molecule has 0 bridgehead atoms. The van der Waals surface area contributed by atoms with E-state index in [2.05, 4.69) is 10.2 Å². The van der Waals surface area contributed by atoms with Crippen LogP contribution in [0.1, 0.15) is 33.6 Å². The lowest BCUT2D eigenvalue weighted by atomic mass is 10.00. The monoisotopic (exact) mass is 293 g/mol. The Morgan fingerprint density at radius 3 is 2.43 bits per heavy atom. The molecular formula is C16H27N3O2. The predicted molar refractivity (Wildman–Crippen MR) is 87.5 cm³/mol. The number of carbonyl (C=O) groups is 1. The van der Waals surface area contributed by atoms with Gasteiger partial charge in [0, 0.05) is 36.4 Å². The molecule has 0 heterocycles. The van der Waals surface area contributed by atoms with Gasteiger partial charge in [0.2, 0.25) is 5.91 Å². The lowest BCUT2D eigenvalue weighted by molar-refractivity contribution is -0.116. The summed E-state index contributed by atoms with van der Waals surface area (Å²) < 4.78 is 0. The van der Waals surface area contributed by atoms with Crippen molar-refractivity contribution in [3.05, 3.63) is 24.3 Å². The topological polar surface area (TPSA) is 78.6 Å². The molecule has 0 aliphatic heterocycles. The number of likely N-dealkylation sites (N-methyl/N-ethyl adjacent to an activating group) is 1. The van der Waals surface area contributed by atoms with E-state index in [1.807, 2.05) is 45.0 Å². The van der Waals surface area contributed by atoms with Crippen LogP contribution in [-0.4, -0.2) is 36.2 Å². The van der Waals surface area contributed by atoms with Gasteiger partial charge in [0.1, 0.15) is 0 Å². The minimum absolute atomic E-state index is 0.0241. The summed E-state index contributed by atoms with van der Waals surface area (Å²) in [5.41, 5.74) is 7.35. The molecule has 21 heavy (non-hydrogen) atoms. The average Bonchev–Trinajstić information content (AvgIpc) is 2.43. The van der Waals surface area contributed by atoms with Crippen LogP contribution < -0.4 is 16.0 Å². The van der Waals surface area contributed by atoms with Crippen LogP contribution in [0.4, 0.5) is 11.4 Å².